The van der Waals surface area contributed by atoms with Crippen molar-refractivity contribution in [2.75, 3.05) is 50.4 Å². The molecular weight excluding hydrogens is 649 g/mol. The Morgan fingerprint density at radius 2 is 1.88 bits per heavy atom. The minimum Gasteiger partial charge on any atom is -0.432 e. The Labute approximate surface area is 289 Å². The lowest BCUT2D eigenvalue weighted by molar-refractivity contribution is -0.0503. The molecule has 49 heavy (non-hydrogen) atoms. The zero-order chi connectivity index (χ0) is 34.5. The lowest BCUT2D eigenvalue weighted by Gasteiger charge is -2.35. The number of halogens is 2. The van der Waals surface area contributed by atoms with Crippen LogP contribution < -0.4 is 21.1 Å². The smallest absolute Gasteiger partial charge is 0.387 e. The highest BCUT2D eigenvalue weighted by Crippen LogP contribution is 2.34. The fraction of sp³-hybridized carbons (Fsp3) is 0.514. The maximum Gasteiger partial charge on any atom is 0.387 e. The molecule has 4 N–H and O–H groups in total. The Balaban J connectivity index is 0.979. The summed E-state index contributed by atoms with van der Waals surface area (Å²) in [7, 11) is 2.64. The van der Waals surface area contributed by atoms with E-state index < -0.39 is 17.6 Å². The van der Waals surface area contributed by atoms with Crippen LogP contribution in [0, 0.1) is 11.8 Å². The molecule has 0 saturated carbocycles. The maximum absolute atomic E-state index is 13.6. The molecule has 0 bridgehead atoms. The molecule has 2 aromatic heterocycles. The van der Waals surface area contributed by atoms with E-state index in [1.807, 2.05) is 29.2 Å². The van der Waals surface area contributed by atoms with E-state index >= 15 is 0 Å². The molecule has 3 aromatic rings. The molecule has 0 radical (unpaired) electrons. The zero-order valence-corrected chi connectivity index (χ0v) is 29.0. The summed E-state index contributed by atoms with van der Waals surface area (Å²) in [5, 5.41) is 12.2. The number of ether oxygens (including phenoxy) is 1. The van der Waals surface area contributed by atoms with Gasteiger partial charge in [-0.1, -0.05) is 24.8 Å². The fourth-order valence-corrected chi connectivity index (χ4v) is 8.59. The van der Waals surface area contributed by atoms with Crippen LogP contribution in [0.1, 0.15) is 50.0 Å². The molecule has 0 amide bonds. The molecule has 0 spiro atoms. The number of fused-ring (bicyclic) bond motifs is 1. The minimum absolute atomic E-state index is 0.0839. The summed E-state index contributed by atoms with van der Waals surface area (Å²) in [6, 6.07) is 6.84. The second-order valence-corrected chi connectivity index (χ2v) is 14.8. The summed E-state index contributed by atoms with van der Waals surface area (Å²) in [6.07, 6.45) is 14.2. The number of likely N-dealkylation sites (tertiary alicyclic amines) is 1. The largest absolute Gasteiger partial charge is 0.432 e. The van der Waals surface area contributed by atoms with E-state index in [0.29, 0.717) is 30.7 Å². The number of nitrogens with two attached hydrogens (primary N) is 1. The number of aryl methyl sites for hydroxylation is 1. The molecule has 11 nitrogen and oxygen atoms in total. The molecule has 264 valence electrons. The normalized spacial score (nSPS) is 21.1. The van der Waals surface area contributed by atoms with Crippen molar-refractivity contribution in [2.45, 2.75) is 57.1 Å². The Morgan fingerprint density at radius 3 is 2.55 bits per heavy atom. The van der Waals surface area contributed by atoms with Crippen LogP contribution in [0.5, 0.6) is 5.75 Å². The summed E-state index contributed by atoms with van der Waals surface area (Å²) in [5.41, 5.74) is 9.63. The van der Waals surface area contributed by atoms with Crippen molar-refractivity contribution >= 4 is 33.7 Å². The molecule has 6 rings (SSSR count). The van der Waals surface area contributed by atoms with E-state index in [1.165, 1.54) is 18.0 Å². The highest BCUT2D eigenvalue weighted by Gasteiger charge is 2.28. The predicted molar refractivity (Wildman–Crippen MR) is 190 cm³/mol. The lowest BCUT2D eigenvalue weighted by atomic mass is 9.86. The number of alkyl halides is 2. The molecule has 3 unspecified atom stereocenters. The van der Waals surface area contributed by atoms with Crippen molar-refractivity contribution in [3.63, 3.8) is 0 Å². The van der Waals surface area contributed by atoms with Gasteiger partial charge in [-0.3, -0.25) is 4.68 Å². The molecule has 2 aliphatic heterocycles. The highest BCUT2D eigenvalue weighted by atomic mass is 32.2. The van der Waals surface area contributed by atoms with Gasteiger partial charge in [0.1, 0.15) is 11.0 Å². The van der Waals surface area contributed by atoms with E-state index in [1.54, 1.807) is 0 Å². The summed E-state index contributed by atoms with van der Waals surface area (Å²) in [4.78, 5) is 11.5. The third-order valence-corrected chi connectivity index (χ3v) is 11.5. The number of benzene rings is 1. The van der Waals surface area contributed by atoms with Gasteiger partial charge in [0, 0.05) is 56.8 Å². The number of hydrogen-bond acceptors (Lipinski definition) is 9. The van der Waals surface area contributed by atoms with Gasteiger partial charge >= 0.3 is 6.61 Å². The van der Waals surface area contributed by atoms with Crippen LogP contribution in [0.4, 0.5) is 20.5 Å². The van der Waals surface area contributed by atoms with Gasteiger partial charge in [-0.25, -0.2) is 18.5 Å². The topological polar surface area (TPSA) is 126 Å². The first-order valence-corrected chi connectivity index (χ1v) is 18.2. The molecule has 14 heteroatoms. The monoisotopic (exact) mass is 695 g/mol. The summed E-state index contributed by atoms with van der Waals surface area (Å²) in [6.45, 7) is 5.46. The molecular formula is C35H47F2N9O2S. The maximum atomic E-state index is 13.6. The Hall–Kier alpha value is -3.88. The molecule has 2 fully saturated rings. The zero-order valence-electron chi connectivity index (χ0n) is 28.2. The predicted octanol–water partition coefficient (Wildman–Crippen LogP) is 5.36. The van der Waals surface area contributed by atoms with E-state index in [0.717, 1.165) is 79.8 Å². The quantitative estimate of drug-likeness (QED) is 0.217. The third kappa shape index (κ3) is 8.65. The van der Waals surface area contributed by atoms with Gasteiger partial charge in [-0.15, -0.1) is 0 Å². The van der Waals surface area contributed by atoms with Gasteiger partial charge in [0.15, 0.2) is 11.6 Å². The van der Waals surface area contributed by atoms with Crippen molar-refractivity contribution in [1.29, 1.82) is 0 Å². The molecule has 3 aliphatic rings. The van der Waals surface area contributed by atoms with Crippen LogP contribution >= 0.6 is 0 Å². The first-order chi connectivity index (χ1) is 23.7. The van der Waals surface area contributed by atoms with E-state index in [2.05, 4.69) is 72.3 Å². The van der Waals surface area contributed by atoms with Crippen molar-refractivity contribution in [1.82, 2.24) is 29.0 Å². The number of rotatable bonds is 13. The van der Waals surface area contributed by atoms with Crippen LogP contribution in [-0.4, -0.2) is 85.6 Å². The lowest BCUT2D eigenvalue weighted by Crippen LogP contribution is -2.40. The highest BCUT2D eigenvalue weighted by molar-refractivity contribution is 7.86. The average Bonchev–Trinajstić information content (AvgIpc) is 3.43. The van der Waals surface area contributed by atoms with Gasteiger partial charge in [0.2, 0.25) is 5.95 Å². The standard InChI is InChI=1S/C35H47F2N9O2S/c1-23(38)27(22-45-13-9-25(10-14-45)26-7-8-31-32(19-26)44(3)43-33(31)39-2)17-24-5-4-6-30(18-24)49(47)46-15-11-28(12-16-46)42-35-40-20-29(21-41-35)48-34(36)37/h4,6-8,18-21,24-25,27-28,34H,1,5,9-17,22,38H2,2-3H3,(H,39,43)(H,40,41,42). The van der Waals surface area contributed by atoms with Crippen molar-refractivity contribution < 1.29 is 17.7 Å². The van der Waals surface area contributed by atoms with Crippen LogP contribution in [-0.2, 0) is 18.0 Å². The number of piperidine rings is 2. The van der Waals surface area contributed by atoms with E-state index in [-0.39, 0.29) is 23.6 Å². The van der Waals surface area contributed by atoms with Crippen LogP contribution in [0.25, 0.3) is 10.9 Å². The van der Waals surface area contributed by atoms with Crippen molar-refractivity contribution in [2.24, 2.45) is 24.6 Å². The first-order valence-electron chi connectivity index (χ1n) is 17.1. The molecule has 2 saturated heterocycles. The van der Waals surface area contributed by atoms with Crippen LogP contribution in [0.3, 0.4) is 0 Å². The van der Waals surface area contributed by atoms with Crippen molar-refractivity contribution in [3.05, 3.63) is 71.6 Å². The SMILES string of the molecule is C=C(N)C(CC1C=C(S(=O)N2CCC(Nc3ncc(OC(F)F)cn3)CC2)C=CC1)CN1CCC(c2ccc3c(NC)nn(C)c3c2)CC1. The van der Waals surface area contributed by atoms with Crippen LogP contribution in [0.15, 0.2) is 66.0 Å². The van der Waals surface area contributed by atoms with Crippen molar-refractivity contribution in [3.8, 4) is 5.75 Å². The number of allylic oxidation sites excluding steroid dienone is 3. The first kappa shape index (κ1) is 35.0. The van der Waals surface area contributed by atoms with Gasteiger partial charge in [0.25, 0.3) is 0 Å². The second-order valence-electron chi connectivity index (χ2n) is 13.3. The summed E-state index contributed by atoms with van der Waals surface area (Å²) < 4.78 is 46.7. The molecule has 1 aliphatic carbocycles. The summed E-state index contributed by atoms with van der Waals surface area (Å²) >= 11 is 0. The van der Waals surface area contributed by atoms with Crippen LogP contribution in [0.2, 0.25) is 0 Å². The number of hydrogen-bond donors (Lipinski definition) is 3. The molecule has 1 aromatic carbocycles. The number of anilines is 2. The number of aromatic nitrogens is 4. The number of nitrogens with one attached hydrogen (secondary N) is 2. The van der Waals surface area contributed by atoms with Gasteiger partial charge in [-0.05, 0) is 87.2 Å². The minimum atomic E-state index is -2.92. The fourth-order valence-electron chi connectivity index (χ4n) is 7.23. The molecule has 4 heterocycles. The Bertz CT molecular complexity index is 1680. The van der Waals surface area contributed by atoms with E-state index in [4.69, 9.17) is 5.73 Å². The van der Waals surface area contributed by atoms with Gasteiger partial charge < -0.3 is 26.0 Å². The van der Waals surface area contributed by atoms with E-state index in [9.17, 15) is 13.0 Å². The Morgan fingerprint density at radius 1 is 1.14 bits per heavy atom. The van der Waals surface area contributed by atoms with Gasteiger partial charge in [0.05, 0.1) is 22.8 Å². The average molecular weight is 696 g/mol. The summed E-state index contributed by atoms with van der Waals surface area (Å²) in [5.74, 6) is 2.10. The van der Waals surface area contributed by atoms with Gasteiger partial charge in [-0.2, -0.15) is 13.9 Å². The molecule has 3 atom stereocenters. The second kappa shape index (κ2) is 15.8. The number of nitrogens with zero attached hydrogens (tertiary/aromatic N) is 6. The Kier molecular flexibility index (Phi) is 11.3. The third-order valence-electron chi connectivity index (χ3n) is 9.96.